The van der Waals surface area contributed by atoms with E-state index in [1.54, 1.807) is 30.5 Å². The zero-order valence-electron chi connectivity index (χ0n) is 12.2. The van der Waals surface area contributed by atoms with Gasteiger partial charge in [0.2, 0.25) is 10.0 Å². The molecule has 2 N–H and O–H groups in total. The van der Waals surface area contributed by atoms with Crippen molar-refractivity contribution in [1.29, 1.82) is 0 Å². The van der Waals surface area contributed by atoms with Gasteiger partial charge in [0.1, 0.15) is 0 Å². The molecule has 21 heavy (non-hydrogen) atoms. The molecular weight excluding hydrogens is 304 g/mol. The molecule has 0 spiro atoms. The second kappa shape index (κ2) is 7.17. The second-order valence-electron chi connectivity index (χ2n) is 5.00. The summed E-state index contributed by atoms with van der Waals surface area (Å²) in [5.74, 6) is 0. The van der Waals surface area contributed by atoms with E-state index in [4.69, 9.17) is 0 Å². The molecule has 2 aromatic rings. The topological polar surface area (TPSA) is 58.2 Å². The minimum absolute atomic E-state index is 0.146. The maximum Gasteiger partial charge on any atom is 0.241 e. The van der Waals surface area contributed by atoms with Crippen LogP contribution in [0.3, 0.4) is 0 Å². The molecule has 0 radical (unpaired) electrons. The van der Waals surface area contributed by atoms with Gasteiger partial charge in [0.05, 0.1) is 4.90 Å². The van der Waals surface area contributed by atoms with Gasteiger partial charge in [-0.2, -0.15) is 11.3 Å². The molecule has 1 aromatic carbocycles. The Morgan fingerprint density at radius 2 is 2.00 bits per heavy atom. The molecular formula is C15H20N2O2S2. The zero-order chi connectivity index (χ0) is 15.3. The lowest BCUT2D eigenvalue weighted by Gasteiger charge is -2.16. The Labute approximate surface area is 130 Å². The average Bonchev–Trinajstić information content (AvgIpc) is 2.91. The first-order chi connectivity index (χ1) is 10.0. The zero-order valence-corrected chi connectivity index (χ0v) is 13.8. The van der Waals surface area contributed by atoms with Crippen molar-refractivity contribution in [3.63, 3.8) is 0 Å². The Morgan fingerprint density at radius 1 is 1.24 bits per heavy atom. The molecule has 0 saturated heterocycles. The van der Waals surface area contributed by atoms with Crippen molar-refractivity contribution in [3.8, 4) is 0 Å². The van der Waals surface area contributed by atoms with E-state index in [0.29, 0.717) is 17.9 Å². The van der Waals surface area contributed by atoms with Crippen LogP contribution in [0.5, 0.6) is 0 Å². The van der Waals surface area contributed by atoms with Gasteiger partial charge >= 0.3 is 0 Å². The van der Waals surface area contributed by atoms with E-state index in [1.807, 2.05) is 35.9 Å². The molecule has 1 aromatic heterocycles. The van der Waals surface area contributed by atoms with Gasteiger partial charge in [-0.15, -0.1) is 0 Å². The highest BCUT2D eigenvalue weighted by Crippen LogP contribution is 2.16. The first-order valence-corrected chi connectivity index (χ1v) is 9.21. The lowest BCUT2D eigenvalue weighted by Crippen LogP contribution is -2.34. The predicted molar refractivity (Wildman–Crippen MR) is 87.0 cm³/mol. The summed E-state index contributed by atoms with van der Waals surface area (Å²) in [6.45, 7) is 2.41. The van der Waals surface area contributed by atoms with Crippen LogP contribution in [0.1, 0.15) is 18.1 Å². The molecule has 1 unspecified atom stereocenters. The minimum atomic E-state index is -3.50. The summed E-state index contributed by atoms with van der Waals surface area (Å²) in [5, 5.41) is 7.04. The van der Waals surface area contributed by atoms with Gasteiger partial charge in [0.25, 0.3) is 0 Å². The quantitative estimate of drug-likeness (QED) is 0.822. The number of rotatable bonds is 7. The molecule has 1 heterocycles. The average molecular weight is 324 g/mol. The van der Waals surface area contributed by atoms with Crippen LogP contribution in [-0.2, 0) is 23.0 Å². The van der Waals surface area contributed by atoms with E-state index in [1.165, 1.54) is 0 Å². The van der Waals surface area contributed by atoms with Crippen LogP contribution < -0.4 is 10.0 Å². The molecule has 0 aliphatic rings. The number of thiophene rings is 1. The predicted octanol–water partition coefficient (Wildman–Crippen LogP) is 2.38. The summed E-state index contributed by atoms with van der Waals surface area (Å²) in [6, 6.07) is 8.94. The van der Waals surface area contributed by atoms with Crippen molar-refractivity contribution in [2.24, 2.45) is 0 Å². The first-order valence-electron chi connectivity index (χ1n) is 6.79. The normalized spacial score (nSPS) is 13.2. The Morgan fingerprint density at radius 3 is 2.67 bits per heavy atom. The number of sulfonamides is 1. The van der Waals surface area contributed by atoms with Crippen molar-refractivity contribution >= 4 is 21.4 Å². The lowest BCUT2D eigenvalue weighted by atomic mass is 10.1. The minimum Gasteiger partial charge on any atom is -0.316 e. The molecule has 0 fully saturated rings. The number of benzene rings is 1. The summed E-state index contributed by atoms with van der Waals surface area (Å²) < 4.78 is 27.8. The van der Waals surface area contributed by atoms with Crippen LogP contribution >= 0.6 is 11.3 Å². The number of nitrogens with one attached hydrogen (secondary N) is 2. The first kappa shape index (κ1) is 16.2. The third-order valence-electron chi connectivity index (χ3n) is 3.11. The van der Waals surface area contributed by atoms with Crippen molar-refractivity contribution in [1.82, 2.24) is 10.0 Å². The highest BCUT2D eigenvalue weighted by Gasteiger charge is 2.20. The van der Waals surface area contributed by atoms with E-state index >= 15 is 0 Å². The molecule has 1 atom stereocenters. The van der Waals surface area contributed by atoms with E-state index in [0.717, 1.165) is 11.1 Å². The Hall–Kier alpha value is -1.21. The molecule has 2 rings (SSSR count). The fourth-order valence-corrected chi connectivity index (χ4v) is 4.40. The van der Waals surface area contributed by atoms with E-state index in [2.05, 4.69) is 10.0 Å². The van der Waals surface area contributed by atoms with Crippen LogP contribution in [0.15, 0.2) is 46.0 Å². The molecule has 0 bridgehead atoms. The summed E-state index contributed by atoms with van der Waals surface area (Å²) >= 11 is 1.62. The Bertz CT molecular complexity index is 667. The summed E-state index contributed by atoms with van der Waals surface area (Å²) in [4.78, 5) is 0.344. The Balaban J connectivity index is 2.14. The van der Waals surface area contributed by atoms with E-state index in [-0.39, 0.29) is 6.04 Å². The molecule has 0 aliphatic heterocycles. The van der Waals surface area contributed by atoms with Crippen LogP contribution in [0.25, 0.3) is 0 Å². The van der Waals surface area contributed by atoms with Gasteiger partial charge in [-0.3, -0.25) is 0 Å². The van der Waals surface area contributed by atoms with Crippen molar-refractivity contribution in [2.45, 2.75) is 30.8 Å². The monoisotopic (exact) mass is 324 g/mol. The highest BCUT2D eigenvalue weighted by molar-refractivity contribution is 7.89. The SMILES string of the molecule is CNCc1ccccc1S(=O)(=O)NC(C)Cc1ccsc1. The van der Waals surface area contributed by atoms with Gasteiger partial charge in [0, 0.05) is 12.6 Å². The standard InChI is InChI=1S/C15H20N2O2S2/c1-12(9-13-7-8-20-11-13)17-21(18,19)15-6-4-3-5-14(15)10-16-2/h3-8,11-12,16-17H,9-10H2,1-2H3. The van der Waals surface area contributed by atoms with Gasteiger partial charge in [0.15, 0.2) is 0 Å². The highest BCUT2D eigenvalue weighted by atomic mass is 32.2. The van der Waals surface area contributed by atoms with Crippen LogP contribution in [0, 0.1) is 0 Å². The van der Waals surface area contributed by atoms with E-state index < -0.39 is 10.0 Å². The summed E-state index contributed by atoms with van der Waals surface area (Å²) in [5.41, 5.74) is 1.92. The molecule has 6 heteroatoms. The fourth-order valence-electron chi connectivity index (χ4n) is 2.23. The molecule has 0 aliphatic carbocycles. The largest absolute Gasteiger partial charge is 0.316 e. The maximum atomic E-state index is 12.5. The summed E-state index contributed by atoms with van der Waals surface area (Å²) in [6.07, 6.45) is 0.691. The van der Waals surface area contributed by atoms with Gasteiger partial charge in [-0.1, -0.05) is 18.2 Å². The van der Waals surface area contributed by atoms with Gasteiger partial charge in [-0.25, -0.2) is 13.1 Å². The van der Waals surface area contributed by atoms with Crippen molar-refractivity contribution in [3.05, 3.63) is 52.2 Å². The molecule has 114 valence electrons. The van der Waals surface area contributed by atoms with Crippen molar-refractivity contribution in [2.75, 3.05) is 7.05 Å². The molecule has 4 nitrogen and oxygen atoms in total. The van der Waals surface area contributed by atoms with E-state index in [9.17, 15) is 8.42 Å². The number of hydrogen-bond donors (Lipinski definition) is 2. The molecule has 0 amide bonds. The van der Waals surface area contributed by atoms with Crippen LogP contribution in [0.2, 0.25) is 0 Å². The van der Waals surface area contributed by atoms with Gasteiger partial charge in [-0.05, 0) is 54.4 Å². The van der Waals surface area contributed by atoms with Crippen molar-refractivity contribution < 1.29 is 8.42 Å². The molecule has 0 saturated carbocycles. The van der Waals surface area contributed by atoms with Crippen LogP contribution in [-0.4, -0.2) is 21.5 Å². The van der Waals surface area contributed by atoms with Crippen LogP contribution in [0.4, 0.5) is 0 Å². The number of hydrogen-bond acceptors (Lipinski definition) is 4. The second-order valence-corrected chi connectivity index (χ2v) is 7.46. The third kappa shape index (κ3) is 4.38. The third-order valence-corrected chi connectivity index (χ3v) is 5.53. The lowest BCUT2D eigenvalue weighted by molar-refractivity contribution is 0.558. The maximum absolute atomic E-state index is 12.5. The van der Waals surface area contributed by atoms with Gasteiger partial charge < -0.3 is 5.32 Å². The fraction of sp³-hybridized carbons (Fsp3) is 0.333. The summed E-state index contributed by atoms with van der Waals surface area (Å²) in [7, 11) is -1.70. The Kier molecular flexibility index (Phi) is 5.52. The smallest absolute Gasteiger partial charge is 0.241 e.